The maximum Gasteiger partial charge on any atom is 0.228 e. The highest BCUT2D eigenvalue weighted by atomic mass is 19.1. The van der Waals surface area contributed by atoms with E-state index in [0.717, 1.165) is 0 Å². The zero-order chi connectivity index (χ0) is 8.65. The van der Waals surface area contributed by atoms with E-state index in [9.17, 15) is 9.18 Å². The Labute approximate surface area is 66.4 Å². The van der Waals surface area contributed by atoms with Gasteiger partial charge in [-0.2, -0.15) is 0 Å². The van der Waals surface area contributed by atoms with E-state index in [4.69, 9.17) is 0 Å². The molecule has 1 heterocycles. The van der Waals surface area contributed by atoms with E-state index < -0.39 is 6.17 Å². The smallest absolute Gasteiger partial charge is 0.228 e. The van der Waals surface area contributed by atoms with Gasteiger partial charge in [-0.25, -0.2) is 4.39 Å². The van der Waals surface area contributed by atoms with E-state index in [0.29, 0.717) is 0 Å². The van der Waals surface area contributed by atoms with Crippen LogP contribution in [0.4, 0.5) is 4.39 Å². The molecule has 0 bridgehead atoms. The highest BCUT2D eigenvalue weighted by Crippen LogP contribution is 2.22. The molecular formula is C8H14FNO. The second-order valence-electron chi connectivity index (χ2n) is 4.06. The molecule has 0 saturated carbocycles. The van der Waals surface area contributed by atoms with Gasteiger partial charge in [-0.3, -0.25) is 4.79 Å². The zero-order valence-corrected chi connectivity index (χ0v) is 7.22. The number of amides is 1. The first kappa shape index (κ1) is 8.50. The Bertz CT molecular complexity index is 167. The van der Waals surface area contributed by atoms with Gasteiger partial charge in [0.15, 0.2) is 0 Å². The van der Waals surface area contributed by atoms with E-state index >= 15 is 0 Å². The average molecular weight is 159 g/mol. The van der Waals surface area contributed by atoms with Gasteiger partial charge in [-0.1, -0.05) is 20.8 Å². The summed E-state index contributed by atoms with van der Waals surface area (Å²) in [6.45, 7) is 6.12. The van der Waals surface area contributed by atoms with Crippen molar-refractivity contribution < 1.29 is 9.18 Å². The molecule has 11 heavy (non-hydrogen) atoms. The van der Waals surface area contributed by atoms with Crippen LogP contribution in [0.2, 0.25) is 0 Å². The first-order valence-electron chi connectivity index (χ1n) is 3.84. The topological polar surface area (TPSA) is 20.3 Å². The number of alkyl halides is 1. The third kappa shape index (κ3) is 1.70. The van der Waals surface area contributed by atoms with Crippen molar-refractivity contribution in [2.45, 2.75) is 26.9 Å². The van der Waals surface area contributed by atoms with Gasteiger partial charge in [0.2, 0.25) is 5.91 Å². The van der Waals surface area contributed by atoms with E-state index in [1.54, 1.807) is 4.90 Å². The molecule has 0 atom stereocenters. The lowest BCUT2D eigenvalue weighted by molar-refractivity contribution is -0.146. The lowest BCUT2D eigenvalue weighted by Crippen LogP contribution is -2.54. The van der Waals surface area contributed by atoms with Gasteiger partial charge in [0.1, 0.15) is 6.17 Å². The summed E-state index contributed by atoms with van der Waals surface area (Å²) in [5, 5.41) is 0. The Kier molecular flexibility index (Phi) is 1.90. The standard InChI is InChI=1S/C8H14FNO/c1-8(2,3)7(11)10-4-6(9)5-10/h6H,4-5H2,1-3H3. The highest BCUT2D eigenvalue weighted by Gasteiger charge is 2.35. The van der Waals surface area contributed by atoms with Crippen LogP contribution in [-0.4, -0.2) is 30.1 Å². The Hall–Kier alpha value is -0.600. The van der Waals surface area contributed by atoms with Crippen molar-refractivity contribution >= 4 is 5.91 Å². The fourth-order valence-electron chi connectivity index (χ4n) is 1.06. The van der Waals surface area contributed by atoms with Crippen LogP contribution in [0.15, 0.2) is 0 Å². The van der Waals surface area contributed by atoms with Crippen molar-refractivity contribution in [1.82, 2.24) is 4.90 Å². The van der Waals surface area contributed by atoms with Crippen LogP contribution in [-0.2, 0) is 4.79 Å². The number of rotatable bonds is 0. The molecular weight excluding hydrogens is 145 g/mol. The van der Waals surface area contributed by atoms with Gasteiger partial charge in [0.05, 0.1) is 13.1 Å². The van der Waals surface area contributed by atoms with E-state index in [2.05, 4.69) is 0 Å². The van der Waals surface area contributed by atoms with Gasteiger partial charge < -0.3 is 4.90 Å². The summed E-state index contributed by atoms with van der Waals surface area (Å²) in [5.41, 5.74) is -0.361. The molecule has 1 aliphatic rings. The molecule has 0 aromatic heterocycles. The molecule has 1 aliphatic heterocycles. The average Bonchev–Trinajstić information content (AvgIpc) is 1.77. The van der Waals surface area contributed by atoms with Gasteiger partial charge in [-0.15, -0.1) is 0 Å². The molecule has 64 valence electrons. The summed E-state index contributed by atoms with van der Waals surface area (Å²) in [4.78, 5) is 12.9. The first-order chi connectivity index (χ1) is 4.91. The van der Waals surface area contributed by atoms with Gasteiger partial charge in [0.25, 0.3) is 0 Å². The van der Waals surface area contributed by atoms with Crippen molar-refractivity contribution in [2.24, 2.45) is 5.41 Å². The first-order valence-corrected chi connectivity index (χ1v) is 3.84. The van der Waals surface area contributed by atoms with E-state index in [1.807, 2.05) is 20.8 Å². The Balaban J connectivity index is 2.45. The fraction of sp³-hybridized carbons (Fsp3) is 0.875. The molecule has 0 unspecified atom stereocenters. The lowest BCUT2D eigenvalue weighted by Gasteiger charge is -2.38. The zero-order valence-electron chi connectivity index (χ0n) is 7.22. The third-order valence-corrected chi connectivity index (χ3v) is 1.77. The Morgan fingerprint density at radius 3 is 2.18 bits per heavy atom. The number of nitrogens with zero attached hydrogens (tertiary/aromatic N) is 1. The molecule has 3 heteroatoms. The quantitative estimate of drug-likeness (QED) is 0.520. The Morgan fingerprint density at radius 1 is 1.45 bits per heavy atom. The van der Waals surface area contributed by atoms with Gasteiger partial charge in [-0.05, 0) is 0 Å². The number of hydrogen-bond acceptors (Lipinski definition) is 1. The highest BCUT2D eigenvalue weighted by molar-refractivity contribution is 5.82. The van der Waals surface area contributed by atoms with Gasteiger partial charge in [0, 0.05) is 5.41 Å². The van der Waals surface area contributed by atoms with Crippen LogP contribution in [0.3, 0.4) is 0 Å². The molecule has 0 aliphatic carbocycles. The molecule has 2 nitrogen and oxygen atoms in total. The van der Waals surface area contributed by atoms with Crippen LogP contribution < -0.4 is 0 Å². The predicted molar refractivity (Wildman–Crippen MR) is 40.9 cm³/mol. The van der Waals surface area contributed by atoms with E-state index in [-0.39, 0.29) is 24.4 Å². The summed E-state index contributed by atoms with van der Waals surface area (Å²) in [6.07, 6.45) is -0.790. The molecule has 0 N–H and O–H groups in total. The summed E-state index contributed by atoms with van der Waals surface area (Å²) in [7, 11) is 0. The summed E-state index contributed by atoms with van der Waals surface area (Å²) < 4.78 is 12.3. The number of likely N-dealkylation sites (tertiary alicyclic amines) is 1. The Morgan fingerprint density at radius 2 is 1.91 bits per heavy atom. The molecule has 1 fully saturated rings. The lowest BCUT2D eigenvalue weighted by atomic mass is 9.93. The molecule has 1 saturated heterocycles. The van der Waals surface area contributed by atoms with Crippen molar-refractivity contribution in [3.8, 4) is 0 Å². The van der Waals surface area contributed by atoms with Crippen molar-refractivity contribution in [1.29, 1.82) is 0 Å². The molecule has 0 radical (unpaired) electrons. The number of carbonyl (C=O) groups excluding carboxylic acids is 1. The third-order valence-electron chi connectivity index (χ3n) is 1.77. The minimum atomic E-state index is -0.790. The largest absolute Gasteiger partial charge is 0.336 e. The second-order valence-corrected chi connectivity index (χ2v) is 4.06. The van der Waals surface area contributed by atoms with Gasteiger partial charge >= 0.3 is 0 Å². The maximum absolute atomic E-state index is 12.3. The molecule has 0 aromatic rings. The number of halogens is 1. The summed E-state index contributed by atoms with van der Waals surface area (Å²) in [6, 6.07) is 0. The maximum atomic E-state index is 12.3. The normalized spacial score (nSPS) is 19.8. The molecule has 0 spiro atoms. The fourth-order valence-corrected chi connectivity index (χ4v) is 1.06. The summed E-state index contributed by atoms with van der Waals surface area (Å²) in [5.74, 6) is 0.0476. The second kappa shape index (κ2) is 2.47. The monoisotopic (exact) mass is 159 g/mol. The van der Waals surface area contributed by atoms with Crippen LogP contribution in [0.1, 0.15) is 20.8 Å². The van der Waals surface area contributed by atoms with Crippen LogP contribution in [0, 0.1) is 5.41 Å². The van der Waals surface area contributed by atoms with Crippen LogP contribution in [0.25, 0.3) is 0 Å². The van der Waals surface area contributed by atoms with Crippen molar-refractivity contribution in [3.63, 3.8) is 0 Å². The predicted octanol–water partition coefficient (Wildman–Crippen LogP) is 1.21. The molecule has 1 amide bonds. The van der Waals surface area contributed by atoms with Crippen LogP contribution in [0.5, 0.6) is 0 Å². The summed E-state index contributed by atoms with van der Waals surface area (Å²) >= 11 is 0. The molecule has 1 rings (SSSR count). The number of hydrogen-bond donors (Lipinski definition) is 0. The molecule has 0 aromatic carbocycles. The number of carbonyl (C=O) groups is 1. The minimum Gasteiger partial charge on any atom is -0.336 e. The van der Waals surface area contributed by atoms with Crippen LogP contribution >= 0.6 is 0 Å². The SMILES string of the molecule is CC(C)(C)C(=O)N1CC(F)C1. The van der Waals surface area contributed by atoms with Crippen molar-refractivity contribution in [3.05, 3.63) is 0 Å². The van der Waals surface area contributed by atoms with E-state index in [1.165, 1.54) is 0 Å². The van der Waals surface area contributed by atoms with Crippen molar-refractivity contribution in [2.75, 3.05) is 13.1 Å². The minimum absolute atomic E-state index is 0.0476.